The van der Waals surface area contributed by atoms with E-state index in [-0.39, 0.29) is 24.9 Å². The van der Waals surface area contributed by atoms with E-state index in [0.29, 0.717) is 26.9 Å². The minimum Gasteiger partial charge on any atom is -0.323 e. The Kier molecular flexibility index (Phi) is 6.22. The van der Waals surface area contributed by atoms with Crippen molar-refractivity contribution >= 4 is 69.2 Å². The molecule has 0 fully saturated rings. The smallest absolute Gasteiger partial charge is 0.238 e. The molecule has 0 saturated heterocycles. The lowest BCUT2D eigenvalue weighted by Gasteiger charge is -2.17. The van der Waals surface area contributed by atoms with Crippen molar-refractivity contribution in [1.29, 1.82) is 0 Å². The number of halogens is 2. The number of anilines is 2. The summed E-state index contributed by atoms with van der Waals surface area (Å²) in [5.74, 6) is -0.590. The number of hydrogen-bond donors (Lipinski definition) is 2. The highest BCUT2D eigenvalue weighted by Crippen LogP contribution is 2.29. The van der Waals surface area contributed by atoms with Crippen LogP contribution in [-0.2, 0) is 9.59 Å². The minimum absolute atomic E-state index is 0.00255. The van der Waals surface area contributed by atoms with Gasteiger partial charge in [0.15, 0.2) is 0 Å². The number of carbonyl (C=O) groups excluding carboxylic acids is 2. The number of fused-ring (bicyclic) bond motifs is 1. The minimum atomic E-state index is -0.328. The standard InChI is InChI=1S/C17H15Cl2N5O2S/c1-24(9-15(26)21-16-10(18)4-2-5-11(16)19)8-14(25)20-12-6-3-7-13-17(12)23-27-22-13/h2-7H,8-9H2,1H3,(H,20,25)(H,21,26). The van der Waals surface area contributed by atoms with E-state index < -0.39 is 0 Å². The van der Waals surface area contributed by atoms with Gasteiger partial charge < -0.3 is 10.6 Å². The van der Waals surface area contributed by atoms with Crippen molar-refractivity contribution < 1.29 is 9.59 Å². The molecule has 0 saturated carbocycles. The third kappa shape index (κ3) is 4.92. The molecule has 0 aliphatic heterocycles. The van der Waals surface area contributed by atoms with Gasteiger partial charge in [0.1, 0.15) is 11.0 Å². The highest BCUT2D eigenvalue weighted by Gasteiger charge is 2.15. The van der Waals surface area contributed by atoms with Crippen molar-refractivity contribution in [1.82, 2.24) is 13.6 Å². The summed E-state index contributed by atoms with van der Waals surface area (Å²) in [6.07, 6.45) is 0. The highest BCUT2D eigenvalue weighted by molar-refractivity contribution is 7.00. The van der Waals surface area contributed by atoms with Crippen LogP contribution >= 0.6 is 34.9 Å². The van der Waals surface area contributed by atoms with Crippen molar-refractivity contribution in [3.8, 4) is 0 Å². The van der Waals surface area contributed by atoms with E-state index in [9.17, 15) is 9.59 Å². The van der Waals surface area contributed by atoms with Crippen LogP contribution in [0.5, 0.6) is 0 Å². The van der Waals surface area contributed by atoms with Gasteiger partial charge in [-0.15, -0.1) is 0 Å². The summed E-state index contributed by atoms with van der Waals surface area (Å²) in [5.41, 5.74) is 2.31. The second kappa shape index (κ2) is 8.62. The van der Waals surface area contributed by atoms with Gasteiger partial charge in [-0.1, -0.05) is 35.3 Å². The number of hydrogen-bond acceptors (Lipinski definition) is 6. The van der Waals surface area contributed by atoms with E-state index in [1.165, 1.54) is 0 Å². The zero-order chi connectivity index (χ0) is 19.4. The van der Waals surface area contributed by atoms with Crippen LogP contribution in [0, 0.1) is 0 Å². The quantitative estimate of drug-likeness (QED) is 0.633. The third-order valence-corrected chi connectivity index (χ3v) is 4.79. The molecule has 140 valence electrons. The van der Waals surface area contributed by atoms with Gasteiger partial charge in [0.05, 0.1) is 46.2 Å². The molecule has 2 aromatic carbocycles. The molecule has 10 heteroatoms. The van der Waals surface area contributed by atoms with E-state index in [1.807, 2.05) is 6.07 Å². The fraction of sp³-hybridized carbons (Fsp3) is 0.176. The molecular formula is C17H15Cl2N5O2S. The molecular weight excluding hydrogens is 409 g/mol. The van der Waals surface area contributed by atoms with Gasteiger partial charge in [-0.3, -0.25) is 14.5 Å². The molecule has 1 heterocycles. The molecule has 27 heavy (non-hydrogen) atoms. The Hall–Kier alpha value is -2.26. The summed E-state index contributed by atoms with van der Waals surface area (Å²) in [6, 6.07) is 10.3. The third-order valence-electron chi connectivity index (χ3n) is 3.61. The maximum atomic E-state index is 12.3. The van der Waals surface area contributed by atoms with Crippen molar-refractivity contribution in [3.05, 3.63) is 46.4 Å². The first-order valence-electron chi connectivity index (χ1n) is 7.87. The number of aromatic nitrogens is 2. The van der Waals surface area contributed by atoms with Crippen LogP contribution in [0.2, 0.25) is 10.0 Å². The number of likely N-dealkylation sites (N-methyl/N-ethyl adjacent to an activating group) is 1. The van der Waals surface area contributed by atoms with Gasteiger partial charge in [-0.05, 0) is 31.3 Å². The lowest BCUT2D eigenvalue weighted by Crippen LogP contribution is -2.36. The highest BCUT2D eigenvalue weighted by atomic mass is 35.5. The average Bonchev–Trinajstić information content (AvgIpc) is 3.08. The fourth-order valence-electron chi connectivity index (χ4n) is 2.44. The molecule has 0 atom stereocenters. The number of benzene rings is 2. The molecule has 0 unspecified atom stereocenters. The van der Waals surface area contributed by atoms with Gasteiger partial charge in [0.25, 0.3) is 0 Å². The van der Waals surface area contributed by atoms with Gasteiger partial charge in [0.2, 0.25) is 11.8 Å². The van der Waals surface area contributed by atoms with Gasteiger partial charge in [-0.25, -0.2) is 0 Å². The zero-order valence-electron chi connectivity index (χ0n) is 14.2. The summed E-state index contributed by atoms with van der Waals surface area (Å²) in [6.45, 7) is 0.0229. The number of nitrogens with zero attached hydrogens (tertiary/aromatic N) is 3. The second-order valence-electron chi connectivity index (χ2n) is 5.80. The van der Waals surface area contributed by atoms with Gasteiger partial charge >= 0.3 is 0 Å². The summed E-state index contributed by atoms with van der Waals surface area (Å²) >= 11 is 13.2. The fourth-order valence-corrected chi connectivity index (χ4v) is 3.48. The van der Waals surface area contributed by atoms with Crippen LogP contribution in [0.1, 0.15) is 0 Å². The molecule has 0 bridgehead atoms. The molecule has 1 aromatic heterocycles. The monoisotopic (exact) mass is 423 g/mol. The maximum absolute atomic E-state index is 12.3. The summed E-state index contributed by atoms with van der Waals surface area (Å²) in [4.78, 5) is 26.0. The Labute approximate surface area is 169 Å². The number of amides is 2. The number of para-hydroxylation sites is 1. The first-order chi connectivity index (χ1) is 12.9. The lowest BCUT2D eigenvalue weighted by atomic mass is 10.2. The zero-order valence-corrected chi connectivity index (χ0v) is 16.5. The van der Waals surface area contributed by atoms with E-state index >= 15 is 0 Å². The molecule has 3 rings (SSSR count). The maximum Gasteiger partial charge on any atom is 0.238 e. The van der Waals surface area contributed by atoms with Crippen molar-refractivity contribution in [2.24, 2.45) is 0 Å². The number of carbonyl (C=O) groups is 2. The van der Waals surface area contributed by atoms with Crippen molar-refractivity contribution in [3.63, 3.8) is 0 Å². The predicted octanol–water partition coefficient (Wildman–Crippen LogP) is 3.51. The summed E-state index contributed by atoms with van der Waals surface area (Å²) < 4.78 is 8.31. The van der Waals surface area contributed by atoms with Crippen LogP contribution in [0.3, 0.4) is 0 Å². The lowest BCUT2D eigenvalue weighted by molar-refractivity contribution is -0.119. The predicted molar refractivity (Wildman–Crippen MR) is 109 cm³/mol. The topological polar surface area (TPSA) is 87.2 Å². The average molecular weight is 424 g/mol. The first-order valence-corrected chi connectivity index (χ1v) is 9.36. The molecule has 3 aromatic rings. The van der Waals surface area contributed by atoms with E-state index in [4.69, 9.17) is 23.2 Å². The molecule has 0 spiro atoms. The summed E-state index contributed by atoms with van der Waals surface area (Å²) in [7, 11) is 1.67. The molecule has 0 aliphatic carbocycles. The van der Waals surface area contributed by atoms with Crippen LogP contribution in [0.25, 0.3) is 11.0 Å². The van der Waals surface area contributed by atoms with Gasteiger partial charge in [0, 0.05) is 0 Å². The Morgan fingerprint density at radius 2 is 1.63 bits per heavy atom. The molecule has 0 aliphatic rings. The SMILES string of the molecule is CN(CC(=O)Nc1c(Cl)cccc1Cl)CC(=O)Nc1cccc2nsnc12. The van der Waals surface area contributed by atoms with Crippen LogP contribution in [0.4, 0.5) is 11.4 Å². The van der Waals surface area contributed by atoms with E-state index in [2.05, 4.69) is 19.4 Å². The Morgan fingerprint density at radius 1 is 1.00 bits per heavy atom. The number of nitrogens with one attached hydrogen (secondary N) is 2. The van der Waals surface area contributed by atoms with E-state index in [1.54, 1.807) is 42.3 Å². The Morgan fingerprint density at radius 3 is 2.33 bits per heavy atom. The van der Waals surface area contributed by atoms with Crippen molar-refractivity contribution in [2.75, 3.05) is 30.8 Å². The van der Waals surface area contributed by atoms with Gasteiger partial charge in [-0.2, -0.15) is 8.75 Å². The molecule has 7 nitrogen and oxygen atoms in total. The normalized spacial score (nSPS) is 11.0. The van der Waals surface area contributed by atoms with E-state index in [0.717, 1.165) is 17.2 Å². The Balaban J connectivity index is 1.55. The van der Waals surface area contributed by atoms with Crippen LogP contribution in [0.15, 0.2) is 36.4 Å². The number of rotatable bonds is 6. The molecule has 2 amide bonds. The molecule has 0 radical (unpaired) electrons. The second-order valence-corrected chi connectivity index (χ2v) is 7.15. The first kappa shape index (κ1) is 19.5. The van der Waals surface area contributed by atoms with Crippen molar-refractivity contribution in [2.45, 2.75) is 0 Å². The summed E-state index contributed by atoms with van der Waals surface area (Å²) in [5, 5.41) is 6.15. The Bertz CT molecular complexity index is 974. The molecule has 2 N–H and O–H groups in total. The van der Waals surface area contributed by atoms with Crippen LogP contribution in [-0.4, -0.2) is 45.6 Å². The van der Waals surface area contributed by atoms with Crippen LogP contribution < -0.4 is 10.6 Å². The largest absolute Gasteiger partial charge is 0.323 e.